The second-order valence-electron chi connectivity index (χ2n) is 6.12. The number of nitrogens with zero attached hydrogens (tertiary/aromatic N) is 2. The Morgan fingerprint density at radius 3 is 2.50 bits per heavy atom. The van der Waals surface area contributed by atoms with Crippen molar-refractivity contribution in [1.29, 1.82) is 0 Å². The molecule has 2 N–H and O–H groups in total. The number of aromatic nitrogens is 3. The van der Waals surface area contributed by atoms with E-state index in [1.165, 1.54) is 14.2 Å². The number of methoxy groups -OCH3 is 2. The van der Waals surface area contributed by atoms with Gasteiger partial charge in [-0.1, -0.05) is 35.5 Å². The molecule has 156 valence electrons. The van der Waals surface area contributed by atoms with E-state index in [2.05, 4.69) is 20.5 Å². The summed E-state index contributed by atoms with van der Waals surface area (Å²) < 4.78 is 10.4. The van der Waals surface area contributed by atoms with Crippen molar-refractivity contribution in [1.82, 2.24) is 15.2 Å². The van der Waals surface area contributed by atoms with E-state index in [1.54, 1.807) is 30.3 Å². The van der Waals surface area contributed by atoms with Crippen LogP contribution in [0.25, 0.3) is 0 Å². The van der Waals surface area contributed by atoms with Crippen molar-refractivity contribution in [2.24, 2.45) is 0 Å². The van der Waals surface area contributed by atoms with Gasteiger partial charge in [0.2, 0.25) is 5.91 Å². The Morgan fingerprint density at radius 1 is 1.10 bits per heavy atom. The van der Waals surface area contributed by atoms with E-state index >= 15 is 0 Å². The highest BCUT2D eigenvalue weighted by molar-refractivity contribution is 7.99. The van der Waals surface area contributed by atoms with Crippen LogP contribution in [0.15, 0.2) is 52.4 Å². The number of benzene rings is 2. The second-order valence-corrected chi connectivity index (χ2v) is 7.52. The van der Waals surface area contributed by atoms with Gasteiger partial charge >= 0.3 is 0 Å². The van der Waals surface area contributed by atoms with Crippen LogP contribution in [0, 0.1) is 0 Å². The molecule has 10 heteroatoms. The number of H-pyrrole nitrogens is 1. The molecule has 8 nitrogen and oxygen atoms in total. The third kappa shape index (κ3) is 5.74. The third-order valence-corrected chi connectivity index (χ3v) is 5.15. The minimum Gasteiger partial charge on any atom is -0.493 e. The van der Waals surface area contributed by atoms with Gasteiger partial charge in [-0.25, -0.2) is 0 Å². The molecule has 2 aromatic carbocycles. The number of ether oxygens (including phenoxy) is 2. The summed E-state index contributed by atoms with van der Waals surface area (Å²) in [6, 6.07) is 12.2. The van der Waals surface area contributed by atoms with Crippen molar-refractivity contribution >= 4 is 35.0 Å². The van der Waals surface area contributed by atoms with Crippen molar-refractivity contribution < 1.29 is 14.3 Å². The lowest BCUT2D eigenvalue weighted by Gasteiger charge is -2.10. The average Bonchev–Trinajstić information content (AvgIpc) is 2.75. The number of rotatable bonds is 8. The van der Waals surface area contributed by atoms with Gasteiger partial charge in [0.1, 0.15) is 5.69 Å². The fourth-order valence-electron chi connectivity index (χ4n) is 2.57. The van der Waals surface area contributed by atoms with Gasteiger partial charge in [-0.05, 0) is 29.8 Å². The third-order valence-electron chi connectivity index (χ3n) is 4.04. The molecular weight excluding hydrogens is 428 g/mol. The molecule has 0 saturated carbocycles. The minimum atomic E-state index is -0.345. The first-order valence-electron chi connectivity index (χ1n) is 8.83. The zero-order valence-corrected chi connectivity index (χ0v) is 17.8. The lowest BCUT2D eigenvalue weighted by atomic mass is 10.1. The molecule has 0 saturated heterocycles. The van der Waals surface area contributed by atoms with Gasteiger partial charge in [-0.2, -0.15) is 0 Å². The van der Waals surface area contributed by atoms with Crippen LogP contribution in [0.1, 0.15) is 11.3 Å². The van der Waals surface area contributed by atoms with E-state index in [-0.39, 0.29) is 28.1 Å². The maximum absolute atomic E-state index is 12.3. The Balaban J connectivity index is 1.57. The summed E-state index contributed by atoms with van der Waals surface area (Å²) in [6.07, 6.45) is 0.338. The Morgan fingerprint density at radius 2 is 1.83 bits per heavy atom. The second kappa shape index (κ2) is 10.1. The normalized spacial score (nSPS) is 10.5. The summed E-state index contributed by atoms with van der Waals surface area (Å²) in [5.74, 6) is 0.862. The van der Waals surface area contributed by atoms with Crippen molar-refractivity contribution in [2.45, 2.75) is 11.6 Å². The predicted molar refractivity (Wildman–Crippen MR) is 116 cm³/mol. The molecule has 0 radical (unpaired) electrons. The van der Waals surface area contributed by atoms with E-state index in [9.17, 15) is 9.59 Å². The Labute approximate surface area is 182 Å². The van der Waals surface area contributed by atoms with Gasteiger partial charge < -0.3 is 14.8 Å². The van der Waals surface area contributed by atoms with Gasteiger partial charge in [-0.3, -0.25) is 14.6 Å². The number of anilines is 1. The molecule has 1 aromatic heterocycles. The molecule has 0 unspecified atom stereocenters. The first-order valence-corrected chi connectivity index (χ1v) is 10.2. The number of thioether (sulfide) groups is 1. The number of carbonyl (C=O) groups is 1. The highest BCUT2D eigenvalue weighted by atomic mass is 35.5. The van der Waals surface area contributed by atoms with Crippen LogP contribution in [-0.4, -0.2) is 41.1 Å². The predicted octanol–water partition coefficient (Wildman–Crippen LogP) is 3.16. The Hall–Kier alpha value is -3.04. The molecule has 0 fully saturated rings. The molecule has 1 heterocycles. The lowest BCUT2D eigenvalue weighted by Crippen LogP contribution is -2.19. The largest absolute Gasteiger partial charge is 0.493 e. The lowest BCUT2D eigenvalue weighted by molar-refractivity contribution is -0.113. The zero-order chi connectivity index (χ0) is 21.5. The van der Waals surface area contributed by atoms with Crippen LogP contribution in [0.5, 0.6) is 11.5 Å². The van der Waals surface area contributed by atoms with Crippen LogP contribution in [0.4, 0.5) is 5.69 Å². The molecule has 3 aromatic rings. The van der Waals surface area contributed by atoms with E-state index in [1.807, 2.05) is 12.1 Å². The van der Waals surface area contributed by atoms with Gasteiger partial charge in [0.25, 0.3) is 5.56 Å². The fraction of sp³-hybridized carbons (Fsp3) is 0.200. The zero-order valence-electron chi connectivity index (χ0n) is 16.3. The molecule has 0 aliphatic carbocycles. The number of hydrogen-bond donors (Lipinski definition) is 2. The number of aromatic amines is 1. The maximum Gasteiger partial charge on any atom is 0.273 e. The highest BCUT2D eigenvalue weighted by Crippen LogP contribution is 2.29. The molecule has 30 heavy (non-hydrogen) atoms. The monoisotopic (exact) mass is 446 g/mol. The van der Waals surface area contributed by atoms with E-state index < -0.39 is 0 Å². The summed E-state index contributed by atoms with van der Waals surface area (Å²) >= 11 is 6.95. The van der Waals surface area contributed by atoms with Crippen LogP contribution >= 0.6 is 23.4 Å². The number of nitrogens with one attached hydrogen (secondary N) is 2. The van der Waals surface area contributed by atoms with Gasteiger partial charge in [0, 0.05) is 23.2 Å². The van der Waals surface area contributed by atoms with Gasteiger partial charge in [0.05, 0.1) is 20.0 Å². The summed E-state index contributed by atoms with van der Waals surface area (Å²) in [4.78, 5) is 27.1. The van der Waals surface area contributed by atoms with Crippen LogP contribution in [-0.2, 0) is 11.2 Å². The number of carbonyl (C=O) groups excluding carboxylic acids is 1. The van der Waals surface area contributed by atoms with Crippen molar-refractivity contribution in [3.05, 3.63) is 69.1 Å². The molecular formula is C20H19ClN4O4S. The maximum atomic E-state index is 12.3. The molecule has 1 amide bonds. The van der Waals surface area contributed by atoms with Crippen molar-refractivity contribution in [3.8, 4) is 11.5 Å². The minimum absolute atomic E-state index is 0.0511. The van der Waals surface area contributed by atoms with E-state index in [0.29, 0.717) is 28.6 Å². The number of halogens is 1. The van der Waals surface area contributed by atoms with Gasteiger partial charge in [0.15, 0.2) is 16.7 Å². The summed E-state index contributed by atoms with van der Waals surface area (Å²) in [5, 5.41) is 11.6. The number of hydrogen-bond acceptors (Lipinski definition) is 7. The first kappa shape index (κ1) is 21.7. The van der Waals surface area contributed by atoms with Crippen molar-refractivity contribution in [2.75, 3.05) is 25.3 Å². The van der Waals surface area contributed by atoms with Crippen LogP contribution in [0.2, 0.25) is 5.02 Å². The molecule has 0 aliphatic heterocycles. The number of amides is 1. The van der Waals surface area contributed by atoms with E-state index in [4.69, 9.17) is 21.1 Å². The SMILES string of the molecule is COc1ccc(NC(=O)CSc2nnc(Cc3ccc(Cl)cc3)c(=O)[nH]2)cc1OC. The van der Waals surface area contributed by atoms with Crippen LogP contribution in [0.3, 0.4) is 0 Å². The summed E-state index contributed by atoms with van der Waals surface area (Å²) in [6.45, 7) is 0. The van der Waals surface area contributed by atoms with Gasteiger partial charge in [-0.15, -0.1) is 10.2 Å². The molecule has 0 aliphatic rings. The molecule has 0 spiro atoms. The van der Waals surface area contributed by atoms with Crippen molar-refractivity contribution in [3.63, 3.8) is 0 Å². The summed E-state index contributed by atoms with van der Waals surface area (Å²) in [5.41, 5.74) is 1.41. The highest BCUT2D eigenvalue weighted by Gasteiger charge is 2.11. The average molecular weight is 447 g/mol. The van der Waals surface area contributed by atoms with E-state index in [0.717, 1.165) is 17.3 Å². The smallest absolute Gasteiger partial charge is 0.273 e. The Bertz CT molecular complexity index is 1090. The molecule has 0 bridgehead atoms. The standard InChI is InChI=1S/C20H19ClN4O4S/c1-28-16-8-7-14(10-17(16)29-2)22-18(26)11-30-20-23-19(27)15(24-25-20)9-12-3-5-13(21)6-4-12/h3-8,10H,9,11H2,1-2H3,(H,22,26)(H,23,25,27). The summed E-state index contributed by atoms with van der Waals surface area (Å²) in [7, 11) is 3.06. The fourth-order valence-corrected chi connectivity index (χ4v) is 3.30. The van der Waals surface area contributed by atoms with Crippen LogP contribution < -0.4 is 20.3 Å². The Kier molecular flexibility index (Phi) is 7.31. The quantitative estimate of drug-likeness (QED) is 0.512. The molecule has 3 rings (SSSR count). The topological polar surface area (TPSA) is 106 Å². The first-order chi connectivity index (χ1) is 14.5. The molecule has 0 atom stereocenters.